The summed E-state index contributed by atoms with van der Waals surface area (Å²) in [6.07, 6.45) is 1.44. The van der Waals surface area contributed by atoms with Gasteiger partial charge < -0.3 is 14.6 Å². The van der Waals surface area contributed by atoms with E-state index in [1.807, 2.05) is 0 Å². The number of esters is 1. The van der Waals surface area contributed by atoms with E-state index in [1.165, 1.54) is 17.8 Å². The van der Waals surface area contributed by atoms with Crippen molar-refractivity contribution in [2.75, 3.05) is 25.2 Å². The number of anilines is 1. The Morgan fingerprint density at radius 2 is 1.87 bits per heavy atom. The highest BCUT2D eigenvalue weighted by Gasteiger charge is 2.38. The maximum atomic E-state index is 14.1. The fourth-order valence-corrected chi connectivity index (χ4v) is 5.88. The number of thiazole rings is 1. The van der Waals surface area contributed by atoms with Crippen LogP contribution < -0.4 is 24.5 Å². The highest BCUT2D eigenvalue weighted by Crippen LogP contribution is 2.35. The highest BCUT2D eigenvalue weighted by molar-refractivity contribution is 7.07. The Morgan fingerprint density at radius 1 is 1.15 bits per heavy atom. The SMILES string of the molecule is C=CCOC(=O)C1=C(C)N=c2s/c(=C3/C(=O)N(CC(=O)O)c4ccccc43)c(=O)n2C1c1ccc(OC)cc1. The number of carboxylic acids is 1. The summed E-state index contributed by atoms with van der Waals surface area (Å²) in [5.41, 5.74) is 1.58. The van der Waals surface area contributed by atoms with E-state index in [-0.39, 0.29) is 22.3 Å². The van der Waals surface area contributed by atoms with Crippen molar-refractivity contribution in [3.8, 4) is 5.75 Å². The lowest BCUT2D eigenvalue weighted by molar-refractivity contribution is -0.138. The van der Waals surface area contributed by atoms with Crippen molar-refractivity contribution >= 4 is 40.4 Å². The summed E-state index contributed by atoms with van der Waals surface area (Å²) in [5.74, 6) is -1.83. The van der Waals surface area contributed by atoms with Crippen LogP contribution in [0.15, 0.2) is 82.2 Å². The fourth-order valence-electron chi connectivity index (χ4n) is 4.74. The zero-order valence-corrected chi connectivity index (χ0v) is 21.9. The number of aromatic nitrogens is 1. The van der Waals surface area contributed by atoms with Crippen LogP contribution in [-0.2, 0) is 19.1 Å². The maximum absolute atomic E-state index is 14.1. The predicted octanol–water partition coefficient (Wildman–Crippen LogP) is 1.77. The van der Waals surface area contributed by atoms with Crippen molar-refractivity contribution in [1.82, 2.24) is 4.57 Å². The van der Waals surface area contributed by atoms with Crippen LogP contribution in [0.4, 0.5) is 5.69 Å². The molecule has 1 atom stereocenters. The molecule has 5 rings (SSSR count). The summed E-state index contributed by atoms with van der Waals surface area (Å²) in [6.45, 7) is 4.66. The molecule has 0 saturated carbocycles. The molecule has 1 unspecified atom stereocenters. The normalized spacial score (nSPS) is 17.3. The number of para-hydroxylation sites is 1. The van der Waals surface area contributed by atoms with Crippen molar-refractivity contribution in [3.05, 3.63) is 103 Å². The molecule has 2 aliphatic heterocycles. The van der Waals surface area contributed by atoms with Crippen LogP contribution in [0.2, 0.25) is 0 Å². The van der Waals surface area contributed by atoms with E-state index in [2.05, 4.69) is 11.6 Å². The van der Waals surface area contributed by atoms with Crippen molar-refractivity contribution in [3.63, 3.8) is 0 Å². The lowest BCUT2D eigenvalue weighted by Gasteiger charge is -2.24. The number of aliphatic carboxylic acids is 1. The predicted molar refractivity (Wildman–Crippen MR) is 143 cm³/mol. The number of nitrogens with zero attached hydrogens (tertiary/aromatic N) is 3. The summed E-state index contributed by atoms with van der Waals surface area (Å²) in [7, 11) is 1.53. The standard InChI is InChI=1S/C28H23N3O7S/c1-4-13-38-27(36)21-15(2)29-28-31(23(21)16-9-11-17(37-3)12-10-16)26(35)24(39-28)22-18-7-5-6-8-19(18)30(25(22)34)14-20(32)33/h4-12,23H,1,13-14H2,2-3H3,(H,32,33)/b24-22+. The summed E-state index contributed by atoms with van der Waals surface area (Å²) < 4.78 is 12.1. The van der Waals surface area contributed by atoms with Crippen molar-refractivity contribution in [2.24, 2.45) is 4.99 Å². The maximum Gasteiger partial charge on any atom is 0.338 e. The van der Waals surface area contributed by atoms with Gasteiger partial charge in [0.2, 0.25) is 0 Å². The second-order valence-electron chi connectivity index (χ2n) is 8.74. The van der Waals surface area contributed by atoms with Gasteiger partial charge in [0.25, 0.3) is 11.5 Å². The van der Waals surface area contributed by atoms with Gasteiger partial charge in [-0.15, -0.1) is 0 Å². The number of amides is 1. The van der Waals surface area contributed by atoms with Crippen LogP contribution in [-0.4, -0.2) is 47.8 Å². The van der Waals surface area contributed by atoms with Gasteiger partial charge in [0.15, 0.2) is 4.80 Å². The van der Waals surface area contributed by atoms with Crippen molar-refractivity contribution < 1.29 is 29.0 Å². The number of carbonyl (C=O) groups excluding carboxylic acids is 2. The number of carbonyl (C=O) groups is 3. The van der Waals surface area contributed by atoms with E-state index in [4.69, 9.17) is 9.47 Å². The molecule has 198 valence electrons. The molecule has 11 heteroatoms. The monoisotopic (exact) mass is 545 g/mol. The second kappa shape index (κ2) is 10.2. The number of ether oxygens (including phenoxy) is 2. The Kier molecular flexibility index (Phi) is 6.75. The van der Waals surface area contributed by atoms with Crippen molar-refractivity contribution in [2.45, 2.75) is 13.0 Å². The number of allylic oxidation sites excluding steroid dienone is 1. The minimum absolute atomic E-state index is 0.0236. The molecule has 1 aromatic heterocycles. The average molecular weight is 546 g/mol. The molecule has 3 heterocycles. The lowest BCUT2D eigenvalue weighted by Crippen LogP contribution is -2.41. The number of hydrogen-bond donors (Lipinski definition) is 1. The van der Waals surface area contributed by atoms with Gasteiger partial charge in [0, 0.05) is 5.56 Å². The zero-order chi connectivity index (χ0) is 27.8. The highest BCUT2D eigenvalue weighted by atomic mass is 32.1. The summed E-state index contributed by atoms with van der Waals surface area (Å²) in [4.78, 5) is 58.2. The molecule has 3 aromatic rings. The summed E-state index contributed by atoms with van der Waals surface area (Å²) in [6, 6.07) is 12.8. The first kappa shape index (κ1) is 25.9. The van der Waals surface area contributed by atoms with Crippen LogP contribution in [0.5, 0.6) is 5.75 Å². The van der Waals surface area contributed by atoms with E-state index >= 15 is 0 Å². The van der Waals surface area contributed by atoms with E-state index < -0.39 is 36.0 Å². The molecule has 0 aliphatic carbocycles. The second-order valence-corrected chi connectivity index (χ2v) is 9.72. The lowest BCUT2D eigenvalue weighted by atomic mass is 9.96. The number of benzene rings is 2. The first-order valence-corrected chi connectivity index (χ1v) is 12.7. The van der Waals surface area contributed by atoms with E-state index in [0.717, 1.165) is 16.2 Å². The average Bonchev–Trinajstić information content (AvgIpc) is 3.38. The summed E-state index contributed by atoms with van der Waals surface area (Å²) >= 11 is 1.01. The minimum atomic E-state index is -1.18. The molecule has 0 spiro atoms. The largest absolute Gasteiger partial charge is 0.497 e. The molecule has 0 radical (unpaired) electrons. The topological polar surface area (TPSA) is 128 Å². The van der Waals surface area contributed by atoms with Gasteiger partial charge in [0.1, 0.15) is 23.4 Å². The van der Waals surface area contributed by atoms with Gasteiger partial charge in [-0.1, -0.05) is 54.3 Å². The number of methoxy groups -OCH3 is 1. The molecule has 2 aromatic carbocycles. The van der Waals surface area contributed by atoms with Crippen LogP contribution >= 0.6 is 11.3 Å². The van der Waals surface area contributed by atoms with E-state index in [1.54, 1.807) is 55.5 Å². The first-order chi connectivity index (χ1) is 18.8. The molecule has 0 saturated heterocycles. The number of hydrogen-bond acceptors (Lipinski definition) is 8. The van der Waals surface area contributed by atoms with E-state index in [9.17, 15) is 24.3 Å². The van der Waals surface area contributed by atoms with Crippen LogP contribution in [0.25, 0.3) is 5.57 Å². The number of fused-ring (bicyclic) bond motifs is 2. The zero-order valence-electron chi connectivity index (χ0n) is 21.0. The van der Waals surface area contributed by atoms with Gasteiger partial charge in [-0.25, -0.2) is 9.79 Å². The van der Waals surface area contributed by atoms with Crippen LogP contribution in [0, 0.1) is 0 Å². The van der Waals surface area contributed by atoms with Gasteiger partial charge in [-0.3, -0.25) is 23.9 Å². The Morgan fingerprint density at radius 3 is 2.54 bits per heavy atom. The number of carboxylic acid groups (broad SMARTS) is 1. The fraction of sp³-hybridized carbons (Fsp3) is 0.179. The van der Waals surface area contributed by atoms with Gasteiger partial charge in [0.05, 0.1) is 35.7 Å². The molecule has 10 nitrogen and oxygen atoms in total. The van der Waals surface area contributed by atoms with Gasteiger partial charge in [-0.2, -0.15) is 0 Å². The Balaban J connectivity index is 1.78. The molecule has 0 fully saturated rings. The Labute approximate surface area is 226 Å². The molecular weight excluding hydrogens is 522 g/mol. The number of rotatable bonds is 7. The smallest absolute Gasteiger partial charge is 0.338 e. The van der Waals surface area contributed by atoms with Gasteiger partial charge in [-0.05, 0) is 30.7 Å². The molecular formula is C28H23N3O7S. The molecule has 1 amide bonds. The van der Waals surface area contributed by atoms with E-state index in [0.29, 0.717) is 33.1 Å². The Bertz CT molecular complexity index is 1750. The molecule has 2 aliphatic rings. The molecule has 0 bridgehead atoms. The first-order valence-electron chi connectivity index (χ1n) is 11.9. The van der Waals surface area contributed by atoms with Crippen molar-refractivity contribution in [1.29, 1.82) is 0 Å². The minimum Gasteiger partial charge on any atom is -0.497 e. The van der Waals surface area contributed by atoms with Crippen LogP contribution in [0.1, 0.15) is 24.1 Å². The van der Waals surface area contributed by atoms with Gasteiger partial charge >= 0.3 is 11.9 Å². The van der Waals surface area contributed by atoms with Crippen LogP contribution in [0.3, 0.4) is 0 Å². The third-order valence-electron chi connectivity index (χ3n) is 6.42. The molecule has 1 N–H and O–H groups in total. The molecule has 39 heavy (non-hydrogen) atoms. The third kappa shape index (κ3) is 4.36. The summed E-state index contributed by atoms with van der Waals surface area (Å²) in [5, 5.41) is 9.39. The Hall–Kier alpha value is -4.77. The quantitative estimate of drug-likeness (QED) is 0.354. The third-order valence-corrected chi connectivity index (χ3v) is 7.48.